The second kappa shape index (κ2) is 6.54. The van der Waals surface area contributed by atoms with E-state index in [1.165, 1.54) is 12.1 Å². The van der Waals surface area contributed by atoms with Gasteiger partial charge < -0.3 is 10.6 Å². The minimum absolute atomic E-state index is 0.0407. The molecule has 0 radical (unpaired) electrons. The van der Waals surface area contributed by atoms with Crippen molar-refractivity contribution in [3.63, 3.8) is 0 Å². The Bertz CT molecular complexity index is 676. The number of aromatic nitrogens is 1. The fraction of sp³-hybridized carbons (Fsp3) is 0.200. The molecule has 110 valence electrons. The highest BCUT2D eigenvalue weighted by molar-refractivity contribution is 6.30. The van der Waals surface area contributed by atoms with Gasteiger partial charge >= 0.3 is 0 Å². The van der Waals surface area contributed by atoms with Crippen molar-refractivity contribution < 1.29 is 9.18 Å². The summed E-state index contributed by atoms with van der Waals surface area (Å²) in [4.78, 5) is 16.3. The fourth-order valence-electron chi connectivity index (χ4n) is 1.86. The lowest BCUT2D eigenvalue weighted by atomic mass is 10.2. The highest BCUT2D eigenvalue weighted by Gasteiger charge is 2.09. The van der Waals surface area contributed by atoms with Gasteiger partial charge in [-0.05, 0) is 36.8 Å². The number of carbonyl (C=O) groups excluding carboxylic acids is 1. The SMILES string of the molecule is CNc1cc(C(=O)NCc2ccc(F)c(Cl)c2)cc(C)n1. The molecule has 0 aliphatic carbocycles. The van der Waals surface area contributed by atoms with Crippen molar-refractivity contribution in [2.24, 2.45) is 0 Å². The maximum atomic E-state index is 13.1. The Balaban J connectivity index is 2.07. The summed E-state index contributed by atoms with van der Waals surface area (Å²) >= 11 is 5.70. The Morgan fingerprint density at radius 2 is 2.10 bits per heavy atom. The van der Waals surface area contributed by atoms with E-state index in [2.05, 4.69) is 15.6 Å². The maximum Gasteiger partial charge on any atom is 0.251 e. The van der Waals surface area contributed by atoms with Crippen LogP contribution in [0.3, 0.4) is 0 Å². The maximum absolute atomic E-state index is 13.1. The van der Waals surface area contributed by atoms with Gasteiger partial charge in [0.05, 0.1) is 5.02 Å². The van der Waals surface area contributed by atoms with Gasteiger partial charge in [0.15, 0.2) is 0 Å². The first-order valence-electron chi connectivity index (χ1n) is 6.38. The third-order valence-electron chi connectivity index (χ3n) is 2.91. The molecule has 1 aromatic carbocycles. The van der Waals surface area contributed by atoms with Crippen LogP contribution in [0.25, 0.3) is 0 Å². The smallest absolute Gasteiger partial charge is 0.251 e. The summed E-state index contributed by atoms with van der Waals surface area (Å²) in [7, 11) is 1.74. The van der Waals surface area contributed by atoms with Gasteiger partial charge in [-0.1, -0.05) is 17.7 Å². The molecule has 2 rings (SSSR count). The van der Waals surface area contributed by atoms with E-state index < -0.39 is 5.82 Å². The minimum Gasteiger partial charge on any atom is -0.373 e. The van der Waals surface area contributed by atoms with Gasteiger partial charge in [-0.3, -0.25) is 4.79 Å². The monoisotopic (exact) mass is 307 g/mol. The molecule has 4 nitrogen and oxygen atoms in total. The number of amides is 1. The highest BCUT2D eigenvalue weighted by atomic mass is 35.5. The minimum atomic E-state index is -0.477. The summed E-state index contributed by atoms with van der Waals surface area (Å²) in [6.07, 6.45) is 0. The van der Waals surface area contributed by atoms with Gasteiger partial charge in [0.25, 0.3) is 5.91 Å². The molecule has 6 heteroatoms. The second-order valence-electron chi connectivity index (χ2n) is 4.56. The van der Waals surface area contributed by atoms with Crippen LogP contribution >= 0.6 is 11.6 Å². The Hall–Kier alpha value is -2.14. The lowest BCUT2D eigenvalue weighted by Gasteiger charge is -2.08. The normalized spacial score (nSPS) is 10.3. The summed E-state index contributed by atoms with van der Waals surface area (Å²) in [5.41, 5.74) is 1.99. The number of rotatable bonds is 4. The van der Waals surface area contributed by atoms with E-state index in [1.807, 2.05) is 6.92 Å². The number of pyridine rings is 1. The van der Waals surface area contributed by atoms with Crippen LogP contribution in [0.4, 0.5) is 10.2 Å². The Kier molecular flexibility index (Phi) is 4.75. The first kappa shape index (κ1) is 15.3. The molecule has 0 fully saturated rings. The summed E-state index contributed by atoms with van der Waals surface area (Å²) < 4.78 is 13.1. The Morgan fingerprint density at radius 1 is 1.33 bits per heavy atom. The molecule has 2 N–H and O–H groups in total. The summed E-state index contributed by atoms with van der Waals surface area (Å²) in [6, 6.07) is 7.72. The van der Waals surface area contributed by atoms with Crippen LogP contribution < -0.4 is 10.6 Å². The molecule has 1 heterocycles. The number of hydrogen-bond acceptors (Lipinski definition) is 3. The van der Waals surface area contributed by atoms with Gasteiger partial charge in [-0.15, -0.1) is 0 Å². The zero-order valence-corrected chi connectivity index (χ0v) is 12.5. The average molecular weight is 308 g/mol. The van der Waals surface area contributed by atoms with Crippen LogP contribution in [-0.4, -0.2) is 17.9 Å². The van der Waals surface area contributed by atoms with Crippen molar-refractivity contribution in [1.29, 1.82) is 0 Å². The van der Waals surface area contributed by atoms with Crippen molar-refractivity contribution in [3.8, 4) is 0 Å². The molecular weight excluding hydrogens is 293 g/mol. The molecule has 0 saturated heterocycles. The van der Waals surface area contributed by atoms with Crippen molar-refractivity contribution in [3.05, 3.63) is 58.0 Å². The number of benzene rings is 1. The predicted octanol–water partition coefficient (Wildman–Crippen LogP) is 3.15. The van der Waals surface area contributed by atoms with Crippen LogP contribution in [0.2, 0.25) is 5.02 Å². The molecule has 0 bridgehead atoms. The predicted molar refractivity (Wildman–Crippen MR) is 81.1 cm³/mol. The topological polar surface area (TPSA) is 54.0 Å². The van der Waals surface area contributed by atoms with Crippen LogP contribution in [-0.2, 0) is 6.54 Å². The summed E-state index contributed by atoms with van der Waals surface area (Å²) in [6.45, 7) is 2.09. The molecule has 0 unspecified atom stereocenters. The van der Waals surface area contributed by atoms with Gasteiger partial charge in [0.2, 0.25) is 0 Å². The van der Waals surface area contributed by atoms with Crippen LogP contribution in [0.1, 0.15) is 21.6 Å². The molecule has 21 heavy (non-hydrogen) atoms. The van der Waals surface area contributed by atoms with E-state index in [1.54, 1.807) is 25.2 Å². The van der Waals surface area contributed by atoms with Crippen LogP contribution in [0.5, 0.6) is 0 Å². The van der Waals surface area contributed by atoms with Gasteiger partial charge in [-0.25, -0.2) is 9.37 Å². The number of halogens is 2. The lowest BCUT2D eigenvalue weighted by molar-refractivity contribution is 0.0950. The van der Waals surface area contributed by atoms with Crippen LogP contribution in [0.15, 0.2) is 30.3 Å². The Labute approximate surface area is 127 Å². The van der Waals surface area contributed by atoms with Gasteiger partial charge in [0, 0.05) is 24.8 Å². The quantitative estimate of drug-likeness (QED) is 0.912. The first-order valence-corrected chi connectivity index (χ1v) is 6.76. The largest absolute Gasteiger partial charge is 0.373 e. The number of nitrogens with zero attached hydrogens (tertiary/aromatic N) is 1. The molecular formula is C15H15ClFN3O. The standard InChI is InChI=1S/C15H15ClFN3O/c1-9-5-11(7-14(18-2)20-9)15(21)19-8-10-3-4-13(17)12(16)6-10/h3-7H,8H2,1-2H3,(H,18,20)(H,19,21). The molecule has 0 saturated carbocycles. The molecule has 0 aliphatic rings. The molecule has 0 atom stereocenters. The highest BCUT2D eigenvalue weighted by Crippen LogP contribution is 2.16. The zero-order valence-electron chi connectivity index (χ0n) is 11.7. The van der Waals surface area contributed by atoms with Gasteiger partial charge in [-0.2, -0.15) is 0 Å². The van der Waals surface area contributed by atoms with E-state index in [0.29, 0.717) is 11.4 Å². The number of anilines is 1. The molecule has 0 aliphatic heterocycles. The van der Waals surface area contributed by atoms with E-state index in [-0.39, 0.29) is 17.5 Å². The fourth-order valence-corrected chi connectivity index (χ4v) is 2.06. The third kappa shape index (κ3) is 3.92. The molecule has 1 aromatic heterocycles. The van der Waals surface area contributed by atoms with E-state index >= 15 is 0 Å². The van der Waals surface area contributed by atoms with E-state index in [4.69, 9.17) is 11.6 Å². The molecule has 1 amide bonds. The number of carbonyl (C=O) groups is 1. The van der Waals surface area contributed by atoms with E-state index in [9.17, 15) is 9.18 Å². The van der Waals surface area contributed by atoms with Crippen molar-refractivity contribution >= 4 is 23.3 Å². The molecule has 0 spiro atoms. The second-order valence-corrected chi connectivity index (χ2v) is 4.97. The lowest BCUT2D eigenvalue weighted by Crippen LogP contribution is -2.23. The van der Waals surface area contributed by atoms with E-state index in [0.717, 1.165) is 11.3 Å². The molecule has 2 aromatic rings. The number of aryl methyl sites for hydroxylation is 1. The number of hydrogen-bond donors (Lipinski definition) is 2. The summed E-state index contributed by atoms with van der Waals surface area (Å²) in [5, 5.41) is 5.71. The zero-order chi connectivity index (χ0) is 15.4. The Morgan fingerprint density at radius 3 is 2.76 bits per heavy atom. The summed E-state index contributed by atoms with van der Waals surface area (Å²) in [5.74, 6) is -0.0717. The van der Waals surface area contributed by atoms with Crippen molar-refractivity contribution in [2.45, 2.75) is 13.5 Å². The average Bonchev–Trinajstić information content (AvgIpc) is 2.47. The third-order valence-corrected chi connectivity index (χ3v) is 3.20. The van der Waals surface area contributed by atoms with Crippen LogP contribution in [0, 0.1) is 12.7 Å². The van der Waals surface area contributed by atoms with Gasteiger partial charge in [0.1, 0.15) is 11.6 Å². The number of nitrogens with one attached hydrogen (secondary N) is 2. The first-order chi connectivity index (χ1) is 9.99. The van der Waals surface area contributed by atoms with Crippen molar-refractivity contribution in [2.75, 3.05) is 12.4 Å². The van der Waals surface area contributed by atoms with Crippen molar-refractivity contribution in [1.82, 2.24) is 10.3 Å².